The normalized spacial score (nSPS) is 18.0. The molecular formula is C13H21N5O3. The maximum absolute atomic E-state index is 12.2. The van der Waals surface area contributed by atoms with Gasteiger partial charge in [-0.2, -0.15) is 0 Å². The molecule has 0 unspecified atom stereocenters. The van der Waals surface area contributed by atoms with Crippen molar-refractivity contribution in [2.75, 3.05) is 26.2 Å². The van der Waals surface area contributed by atoms with Gasteiger partial charge in [0.1, 0.15) is 0 Å². The Kier molecular flexibility index (Phi) is 4.17. The molecule has 1 aliphatic heterocycles. The zero-order chi connectivity index (χ0) is 15.6. The number of aromatic nitrogens is 1. The average Bonchev–Trinajstić information content (AvgIpc) is 2.92. The molecule has 1 fully saturated rings. The van der Waals surface area contributed by atoms with Gasteiger partial charge in [-0.05, 0) is 20.8 Å². The number of hydrogen-bond donors (Lipinski definition) is 2. The van der Waals surface area contributed by atoms with E-state index in [0.717, 1.165) is 0 Å². The molecule has 0 aromatic carbocycles. The Bertz CT molecular complexity index is 544. The summed E-state index contributed by atoms with van der Waals surface area (Å²) in [6.45, 7) is 7.95. The molecule has 3 N–H and O–H groups in total. The Labute approximate surface area is 123 Å². The van der Waals surface area contributed by atoms with Crippen LogP contribution in [-0.2, 0) is 0 Å². The molecule has 116 valence electrons. The van der Waals surface area contributed by atoms with E-state index < -0.39 is 5.54 Å². The number of aryl methyl sites for hydroxylation is 1. The number of rotatable bonds is 3. The first-order valence-electron chi connectivity index (χ1n) is 6.82. The monoisotopic (exact) mass is 295 g/mol. The number of oxime groups is 1. The molecule has 8 nitrogen and oxygen atoms in total. The van der Waals surface area contributed by atoms with Crippen LogP contribution in [-0.4, -0.2) is 63.6 Å². The summed E-state index contributed by atoms with van der Waals surface area (Å²) >= 11 is 0. The Morgan fingerprint density at radius 2 is 2.05 bits per heavy atom. The van der Waals surface area contributed by atoms with Crippen LogP contribution in [0.15, 0.2) is 15.7 Å². The quantitative estimate of drug-likeness (QED) is 0.358. The molecular weight excluding hydrogens is 274 g/mol. The van der Waals surface area contributed by atoms with E-state index in [0.29, 0.717) is 31.9 Å². The Morgan fingerprint density at radius 3 is 2.52 bits per heavy atom. The predicted octanol–water partition coefficient (Wildman–Crippen LogP) is 0.266. The number of nitrogens with zero attached hydrogens (tertiary/aromatic N) is 4. The SMILES string of the molecule is Cc1cc(C(=O)N2CCN(C(C)(C)C(N)=NO)CC2)on1. The second-order valence-electron chi connectivity index (χ2n) is 5.66. The average molecular weight is 295 g/mol. The van der Waals surface area contributed by atoms with Crippen molar-refractivity contribution in [2.45, 2.75) is 26.3 Å². The molecule has 1 aromatic heterocycles. The van der Waals surface area contributed by atoms with E-state index in [1.165, 1.54) is 0 Å². The maximum Gasteiger partial charge on any atom is 0.292 e. The molecule has 21 heavy (non-hydrogen) atoms. The van der Waals surface area contributed by atoms with Crippen molar-refractivity contribution >= 4 is 11.7 Å². The van der Waals surface area contributed by atoms with Crippen LogP contribution in [0.25, 0.3) is 0 Å². The summed E-state index contributed by atoms with van der Waals surface area (Å²) in [7, 11) is 0. The van der Waals surface area contributed by atoms with Crippen LogP contribution in [0.2, 0.25) is 0 Å². The first-order valence-corrected chi connectivity index (χ1v) is 6.82. The lowest BCUT2D eigenvalue weighted by atomic mass is 10.00. The van der Waals surface area contributed by atoms with Crippen LogP contribution in [0, 0.1) is 6.92 Å². The number of amides is 1. The minimum atomic E-state index is -0.549. The first-order chi connectivity index (χ1) is 9.86. The maximum atomic E-state index is 12.2. The largest absolute Gasteiger partial charge is 0.409 e. The number of nitrogens with two attached hydrogens (primary N) is 1. The van der Waals surface area contributed by atoms with Gasteiger partial charge < -0.3 is 20.4 Å². The highest BCUT2D eigenvalue weighted by molar-refractivity contribution is 5.91. The molecule has 0 bridgehead atoms. The van der Waals surface area contributed by atoms with Gasteiger partial charge in [-0.15, -0.1) is 0 Å². The molecule has 1 aromatic rings. The van der Waals surface area contributed by atoms with Gasteiger partial charge >= 0.3 is 0 Å². The molecule has 1 amide bonds. The van der Waals surface area contributed by atoms with Crippen molar-refractivity contribution in [1.29, 1.82) is 0 Å². The third-order valence-corrected chi connectivity index (χ3v) is 3.93. The van der Waals surface area contributed by atoms with E-state index in [1.807, 2.05) is 13.8 Å². The van der Waals surface area contributed by atoms with Gasteiger partial charge in [0.25, 0.3) is 5.91 Å². The molecule has 1 saturated heterocycles. The van der Waals surface area contributed by atoms with Gasteiger partial charge in [0, 0.05) is 32.2 Å². The fourth-order valence-electron chi connectivity index (χ4n) is 2.37. The van der Waals surface area contributed by atoms with Gasteiger partial charge in [0.15, 0.2) is 5.84 Å². The Morgan fingerprint density at radius 1 is 1.43 bits per heavy atom. The molecule has 0 saturated carbocycles. The topological polar surface area (TPSA) is 108 Å². The van der Waals surface area contributed by atoms with E-state index in [1.54, 1.807) is 17.9 Å². The summed E-state index contributed by atoms with van der Waals surface area (Å²) in [4.78, 5) is 16.0. The zero-order valence-corrected chi connectivity index (χ0v) is 12.5. The highest BCUT2D eigenvalue weighted by Gasteiger charge is 2.35. The van der Waals surface area contributed by atoms with Crippen molar-refractivity contribution < 1.29 is 14.5 Å². The van der Waals surface area contributed by atoms with E-state index in [-0.39, 0.29) is 17.5 Å². The standard InChI is InChI=1S/C13H21N5O3/c1-9-8-10(21-16-9)11(19)17-4-6-18(7-5-17)13(2,3)12(14)15-20/h8,20H,4-7H2,1-3H3,(H2,14,15). The molecule has 0 spiro atoms. The van der Waals surface area contributed by atoms with Crippen LogP contribution >= 0.6 is 0 Å². The fourth-order valence-corrected chi connectivity index (χ4v) is 2.37. The Hall–Kier alpha value is -2.09. The van der Waals surface area contributed by atoms with Crippen LogP contribution in [0.3, 0.4) is 0 Å². The minimum Gasteiger partial charge on any atom is -0.409 e. The van der Waals surface area contributed by atoms with Crippen molar-refractivity contribution in [3.8, 4) is 0 Å². The summed E-state index contributed by atoms with van der Waals surface area (Å²) in [6, 6.07) is 1.63. The highest BCUT2D eigenvalue weighted by atomic mass is 16.5. The third-order valence-electron chi connectivity index (χ3n) is 3.93. The lowest BCUT2D eigenvalue weighted by Crippen LogP contribution is -2.60. The van der Waals surface area contributed by atoms with E-state index in [4.69, 9.17) is 15.5 Å². The summed E-state index contributed by atoms with van der Waals surface area (Å²) in [5.74, 6) is 0.265. The number of amidine groups is 1. The number of carbonyl (C=O) groups is 1. The van der Waals surface area contributed by atoms with Gasteiger partial charge in [-0.1, -0.05) is 10.3 Å². The van der Waals surface area contributed by atoms with Crippen molar-refractivity contribution in [2.24, 2.45) is 10.9 Å². The predicted molar refractivity (Wildman–Crippen MR) is 76.2 cm³/mol. The lowest BCUT2D eigenvalue weighted by molar-refractivity contribution is 0.0497. The van der Waals surface area contributed by atoms with Crippen LogP contribution in [0.1, 0.15) is 30.1 Å². The summed E-state index contributed by atoms with van der Waals surface area (Å²) in [6.07, 6.45) is 0. The molecule has 8 heteroatoms. The highest BCUT2D eigenvalue weighted by Crippen LogP contribution is 2.18. The van der Waals surface area contributed by atoms with Crippen LogP contribution in [0.5, 0.6) is 0 Å². The smallest absolute Gasteiger partial charge is 0.292 e. The third kappa shape index (κ3) is 2.99. The van der Waals surface area contributed by atoms with E-state index in [9.17, 15) is 4.79 Å². The number of hydrogen-bond acceptors (Lipinski definition) is 6. The summed E-state index contributed by atoms with van der Waals surface area (Å²) < 4.78 is 5.00. The van der Waals surface area contributed by atoms with Crippen molar-refractivity contribution in [3.63, 3.8) is 0 Å². The lowest BCUT2D eigenvalue weighted by Gasteiger charge is -2.42. The summed E-state index contributed by atoms with van der Waals surface area (Å²) in [5.41, 5.74) is 5.86. The van der Waals surface area contributed by atoms with Crippen LogP contribution < -0.4 is 5.73 Å². The molecule has 0 radical (unpaired) electrons. The second kappa shape index (κ2) is 5.72. The van der Waals surface area contributed by atoms with E-state index >= 15 is 0 Å². The fraction of sp³-hybridized carbons (Fsp3) is 0.615. The Balaban J connectivity index is 1.99. The molecule has 0 aliphatic carbocycles. The molecule has 2 heterocycles. The first kappa shape index (κ1) is 15.3. The number of piperazine rings is 1. The van der Waals surface area contributed by atoms with E-state index in [2.05, 4.69) is 15.2 Å². The molecule has 2 rings (SSSR count). The zero-order valence-electron chi connectivity index (χ0n) is 12.5. The van der Waals surface area contributed by atoms with Gasteiger partial charge in [0.2, 0.25) is 5.76 Å². The summed E-state index contributed by atoms with van der Waals surface area (Å²) in [5, 5.41) is 15.7. The van der Waals surface area contributed by atoms with Gasteiger partial charge in [-0.25, -0.2) is 0 Å². The van der Waals surface area contributed by atoms with Gasteiger partial charge in [0.05, 0.1) is 11.2 Å². The minimum absolute atomic E-state index is 0.156. The number of carbonyl (C=O) groups excluding carboxylic acids is 1. The molecule has 0 atom stereocenters. The second-order valence-corrected chi connectivity index (χ2v) is 5.66. The van der Waals surface area contributed by atoms with Crippen molar-refractivity contribution in [3.05, 3.63) is 17.5 Å². The van der Waals surface area contributed by atoms with Crippen LogP contribution in [0.4, 0.5) is 0 Å². The van der Waals surface area contributed by atoms with Gasteiger partial charge in [-0.3, -0.25) is 9.69 Å². The van der Waals surface area contributed by atoms with Crippen molar-refractivity contribution in [1.82, 2.24) is 15.0 Å². The molecule has 1 aliphatic rings.